The number of aliphatic hydroxyl groups excluding tert-OH is 2. The van der Waals surface area contributed by atoms with Gasteiger partial charge in [-0.25, -0.2) is 4.98 Å². The maximum Gasteiger partial charge on any atom is 0.136 e. The van der Waals surface area contributed by atoms with Crippen molar-refractivity contribution < 1.29 is 14.9 Å². The number of halogens is 2. The molecule has 1 aromatic heterocycles. The van der Waals surface area contributed by atoms with E-state index >= 15 is 0 Å². The van der Waals surface area contributed by atoms with Crippen molar-refractivity contribution >= 4 is 39.5 Å². The molecule has 2 spiro atoms. The van der Waals surface area contributed by atoms with Gasteiger partial charge in [0, 0.05) is 29.5 Å². The van der Waals surface area contributed by atoms with E-state index in [1.807, 2.05) is 25.1 Å². The van der Waals surface area contributed by atoms with Crippen LogP contribution in [0.25, 0.3) is 16.3 Å². The fourth-order valence-electron chi connectivity index (χ4n) is 9.31. The Morgan fingerprint density at radius 2 is 1.86 bits per heavy atom. The SMILES string of the molecule is CN(C)[C@H]1C[C@@]23CC[C@]4(O2)C2CC=C(c5ccc6ccnc(Cl)c6c5)[C@@]2(C)CCC4(Cl)CC3[C@@H](O)[C@@H]1O. The molecule has 2 aliphatic heterocycles. The number of fused-ring (bicyclic) bond motifs is 2. The molecule has 5 aliphatic rings. The molecule has 1 aromatic carbocycles. The van der Waals surface area contributed by atoms with E-state index in [4.69, 9.17) is 27.9 Å². The molecule has 0 amide bonds. The van der Waals surface area contributed by atoms with Crippen molar-refractivity contribution in [2.75, 3.05) is 14.1 Å². The number of aliphatic hydroxyl groups is 2. The number of allylic oxidation sites excluding steroid dienone is 2. The first kappa shape index (κ1) is 24.8. The fraction of sp³-hybridized carbons (Fsp3) is 0.633. The lowest BCUT2D eigenvalue weighted by Gasteiger charge is -2.65. The van der Waals surface area contributed by atoms with Crippen LogP contribution in [0.5, 0.6) is 0 Å². The molecule has 7 rings (SSSR count). The average molecular weight is 544 g/mol. The Hall–Kier alpha value is -1.21. The van der Waals surface area contributed by atoms with Gasteiger partial charge in [-0.1, -0.05) is 36.7 Å². The number of ether oxygens (including phenoxy) is 1. The van der Waals surface area contributed by atoms with Gasteiger partial charge in [0.2, 0.25) is 0 Å². The van der Waals surface area contributed by atoms with Gasteiger partial charge in [0.15, 0.2) is 0 Å². The first-order valence-corrected chi connectivity index (χ1v) is 14.5. The van der Waals surface area contributed by atoms with E-state index in [0.717, 1.165) is 49.3 Å². The zero-order chi connectivity index (χ0) is 26.0. The summed E-state index contributed by atoms with van der Waals surface area (Å²) in [7, 11) is 3.96. The van der Waals surface area contributed by atoms with Gasteiger partial charge in [-0.3, -0.25) is 0 Å². The maximum absolute atomic E-state index is 11.3. The zero-order valence-electron chi connectivity index (χ0n) is 21.8. The van der Waals surface area contributed by atoms with Gasteiger partial charge >= 0.3 is 0 Å². The molecule has 9 atom stereocenters. The summed E-state index contributed by atoms with van der Waals surface area (Å²) >= 11 is 14.1. The Bertz CT molecular complexity index is 1320. The lowest BCUT2D eigenvalue weighted by Crippen LogP contribution is -2.72. The summed E-state index contributed by atoms with van der Waals surface area (Å²) < 4.78 is 7.34. The van der Waals surface area contributed by atoms with E-state index < -0.39 is 28.3 Å². The molecular formula is C30H36Cl2N2O3. The number of likely N-dealkylation sites (N-methyl/N-ethyl adjacent to an activating group) is 1. The van der Waals surface area contributed by atoms with Crippen LogP contribution in [-0.2, 0) is 4.74 Å². The average Bonchev–Trinajstić information content (AvgIpc) is 3.40. The minimum absolute atomic E-state index is 0.0626. The van der Waals surface area contributed by atoms with Gasteiger partial charge in [0.25, 0.3) is 0 Å². The van der Waals surface area contributed by atoms with Crippen LogP contribution in [0.3, 0.4) is 0 Å². The van der Waals surface area contributed by atoms with Crippen LogP contribution in [0, 0.1) is 17.3 Å². The van der Waals surface area contributed by atoms with Crippen LogP contribution in [0.15, 0.2) is 36.5 Å². The third-order valence-corrected chi connectivity index (χ3v) is 12.2. The van der Waals surface area contributed by atoms with Crippen molar-refractivity contribution in [3.8, 4) is 0 Å². The quantitative estimate of drug-likeness (QED) is 0.391. The highest BCUT2D eigenvalue weighted by Crippen LogP contribution is 2.73. The zero-order valence-corrected chi connectivity index (χ0v) is 23.3. The van der Waals surface area contributed by atoms with Crippen LogP contribution in [-0.4, -0.2) is 68.5 Å². The van der Waals surface area contributed by atoms with Gasteiger partial charge in [-0.15, -0.1) is 11.6 Å². The molecule has 3 heterocycles. The van der Waals surface area contributed by atoms with Gasteiger partial charge < -0.3 is 19.8 Å². The largest absolute Gasteiger partial charge is 0.390 e. The second-order valence-electron chi connectivity index (χ2n) is 12.9. The highest BCUT2D eigenvalue weighted by atomic mass is 35.5. The number of pyridine rings is 1. The van der Waals surface area contributed by atoms with E-state index in [9.17, 15) is 10.2 Å². The Morgan fingerprint density at radius 1 is 1.05 bits per heavy atom. The van der Waals surface area contributed by atoms with Crippen LogP contribution in [0.4, 0.5) is 0 Å². The number of alkyl halides is 1. The van der Waals surface area contributed by atoms with Gasteiger partial charge in [0.1, 0.15) is 5.15 Å². The maximum atomic E-state index is 11.3. The van der Waals surface area contributed by atoms with Crippen molar-refractivity contribution in [3.05, 3.63) is 47.3 Å². The third-order valence-electron chi connectivity index (χ3n) is 11.2. The van der Waals surface area contributed by atoms with Gasteiger partial charge in [0.05, 0.1) is 28.3 Å². The summed E-state index contributed by atoms with van der Waals surface area (Å²) in [6.45, 7) is 2.40. The third kappa shape index (κ3) is 3.10. The molecule has 2 aromatic rings. The van der Waals surface area contributed by atoms with E-state index in [1.54, 1.807) is 6.20 Å². The summed E-state index contributed by atoms with van der Waals surface area (Å²) in [5, 5.41) is 24.9. The molecule has 4 fully saturated rings. The summed E-state index contributed by atoms with van der Waals surface area (Å²) in [5.74, 6) is 0.128. The number of hydrogen-bond donors (Lipinski definition) is 2. The summed E-state index contributed by atoms with van der Waals surface area (Å²) in [4.78, 5) is 5.80. The summed E-state index contributed by atoms with van der Waals surface area (Å²) in [5.41, 5.74) is 1.63. The Kier molecular flexibility index (Phi) is 5.31. The minimum Gasteiger partial charge on any atom is -0.390 e. The number of hydrogen-bond acceptors (Lipinski definition) is 5. The first-order valence-electron chi connectivity index (χ1n) is 13.7. The molecule has 198 valence electrons. The first-order chi connectivity index (χ1) is 17.5. The molecule has 5 nitrogen and oxygen atoms in total. The second kappa shape index (κ2) is 7.93. The molecule has 2 bridgehead atoms. The van der Waals surface area contributed by atoms with Crippen LogP contribution >= 0.6 is 23.2 Å². The van der Waals surface area contributed by atoms with Gasteiger partial charge in [-0.2, -0.15) is 0 Å². The van der Waals surface area contributed by atoms with Crippen molar-refractivity contribution in [3.63, 3.8) is 0 Å². The molecule has 0 radical (unpaired) electrons. The number of benzene rings is 1. The molecule has 7 heteroatoms. The molecule has 3 unspecified atom stereocenters. The number of aromatic nitrogens is 1. The van der Waals surface area contributed by atoms with E-state index in [1.165, 1.54) is 11.1 Å². The predicted molar refractivity (Wildman–Crippen MR) is 147 cm³/mol. The monoisotopic (exact) mass is 542 g/mol. The lowest BCUT2D eigenvalue weighted by molar-refractivity contribution is -0.276. The fourth-order valence-corrected chi connectivity index (χ4v) is 10.1. The highest BCUT2D eigenvalue weighted by molar-refractivity contribution is 6.34. The van der Waals surface area contributed by atoms with Crippen LogP contribution in [0.1, 0.15) is 57.4 Å². The normalized spacial score (nSPS) is 46.5. The number of nitrogens with zero attached hydrogens (tertiary/aromatic N) is 2. The van der Waals surface area contributed by atoms with Crippen molar-refractivity contribution in [1.82, 2.24) is 9.88 Å². The van der Waals surface area contributed by atoms with Crippen molar-refractivity contribution in [1.29, 1.82) is 0 Å². The molecule has 3 aliphatic carbocycles. The molecule has 2 saturated carbocycles. The second-order valence-corrected chi connectivity index (χ2v) is 14.0. The van der Waals surface area contributed by atoms with Crippen LogP contribution in [0.2, 0.25) is 5.15 Å². The van der Waals surface area contributed by atoms with Crippen molar-refractivity contribution in [2.45, 2.75) is 86.2 Å². The van der Waals surface area contributed by atoms with E-state index in [0.29, 0.717) is 11.6 Å². The topological polar surface area (TPSA) is 65.8 Å². The minimum atomic E-state index is -0.825. The Balaban J connectivity index is 1.27. The van der Waals surface area contributed by atoms with Crippen molar-refractivity contribution in [2.24, 2.45) is 17.3 Å². The van der Waals surface area contributed by atoms with Gasteiger partial charge in [-0.05, 0) is 93.1 Å². The smallest absolute Gasteiger partial charge is 0.136 e. The number of rotatable bonds is 2. The Labute approximate surface area is 228 Å². The summed E-state index contributed by atoms with van der Waals surface area (Å²) in [6.07, 6.45) is 8.52. The highest BCUT2D eigenvalue weighted by Gasteiger charge is 2.76. The molecular weight excluding hydrogens is 507 g/mol. The Morgan fingerprint density at radius 3 is 2.65 bits per heavy atom. The van der Waals surface area contributed by atoms with Crippen LogP contribution < -0.4 is 0 Å². The molecule has 2 N–H and O–H groups in total. The van der Waals surface area contributed by atoms with E-state index in [2.05, 4.69) is 36.2 Å². The lowest BCUT2D eigenvalue weighted by atomic mass is 9.52. The summed E-state index contributed by atoms with van der Waals surface area (Å²) in [6, 6.07) is 8.42. The molecule has 37 heavy (non-hydrogen) atoms. The molecule has 2 saturated heterocycles. The predicted octanol–water partition coefficient (Wildman–Crippen LogP) is 5.43. The standard InChI is InChI=1S/C30H36Cl2N2O3/c1-27-9-11-29(32)15-21-24(35)25(36)22(34(2)3)16-28(21)10-12-30(29,37-28)23(27)7-6-20(27)18-5-4-17-8-13-33-26(31)19(17)14-18/h4-6,8,13-14,21-25,35-36H,7,9-12,15-16H2,1-3H3/t21?,22-,23?,24+,25+,27+,28+,29?,30-/m0/s1. The van der Waals surface area contributed by atoms with E-state index in [-0.39, 0.29) is 23.3 Å².